The van der Waals surface area contributed by atoms with Crippen molar-refractivity contribution in [2.75, 3.05) is 0 Å². The lowest BCUT2D eigenvalue weighted by atomic mass is 9.78. The highest BCUT2D eigenvalue weighted by Gasteiger charge is 2.82. The van der Waals surface area contributed by atoms with E-state index in [0.29, 0.717) is 12.8 Å². The van der Waals surface area contributed by atoms with Gasteiger partial charge in [-0.05, 0) is 31.1 Å². The lowest BCUT2D eigenvalue weighted by Crippen LogP contribution is -2.60. The molecule has 0 aromatic rings. The molecule has 0 N–H and O–H groups in total. The largest absolute Gasteiger partial charge is 0.426 e. The van der Waals surface area contributed by atoms with Gasteiger partial charge in [-0.3, -0.25) is 0 Å². The number of halogens is 6. The van der Waals surface area contributed by atoms with Crippen LogP contribution in [0, 0.1) is 17.8 Å². The van der Waals surface area contributed by atoms with Gasteiger partial charge in [-0.15, -0.1) is 0 Å². The summed E-state index contributed by atoms with van der Waals surface area (Å²) < 4.78 is 81.9. The van der Waals surface area contributed by atoms with Crippen molar-refractivity contribution < 1.29 is 31.1 Å². The summed E-state index contributed by atoms with van der Waals surface area (Å²) in [5, 5.41) is 0. The summed E-state index contributed by atoms with van der Waals surface area (Å²) in [4.78, 5) is 0. The van der Waals surface area contributed by atoms with E-state index in [1.165, 1.54) is 0 Å². The van der Waals surface area contributed by atoms with Crippen LogP contribution in [0.2, 0.25) is 0 Å². The molecule has 0 radical (unpaired) electrons. The van der Waals surface area contributed by atoms with E-state index in [1.807, 2.05) is 0 Å². The smallest absolute Gasteiger partial charge is 0.354 e. The molecule has 98 valence electrons. The highest BCUT2D eigenvalue weighted by molar-refractivity contribution is 5.16. The molecule has 7 heteroatoms. The summed E-state index contributed by atoms with van der Waals surface area (Å²) in [6.45, 7) is 0. The molecule has 3 aliphatic rings. The van der Waals surface area contributed by atoms with Crippen LogP contribution in [-0.4, -0.2) is 24.1 Å². The third-order valence-corrected chi connectivity index (χ3v) is 4.45. The third-order valence-electron chi connectivity index (χ3n) is 4.45. The predicted molar refractivity (Wildman–Crippen MR) is 44.0 cm³/mol. The topological polar surface area (TPSA) is 9.23 Å². The standard InChI is InChI=1S/C10H10F6O/c11-9(12,13)8(10(14,15)16)6-2-4-1-5(6)7(3-4)17-8/h4-7H,1-3H2/t4-,5+,6?,7?/m1/s1. The SMILES string of the molecule is FC(F)(F)C1(C(F)(F)F)OC2C[C@H]3CC1[C@@H]2C3. The van der Waals surface area contributed by atoms with E-state index in [0.717, 1.165) is 0 Å². The highest BCUT2D eigenvalue weighted by Crippen LogP contribution is 2.67. The van der Waals surface area contributed by atoms with Gasteiger partial charge in [-0.25, -0.2) is 0 Å². The molecule has 1 heterocycles. The Kier molecular flexibility index (Phi) is 2.00. The summed E-state index contributed by atoms with van der Waals surface area (Å²) in [5.41, 5.74) is -3.92. The number of alkyl halides is 6. The van der Waals surface area contributed by atoms with E-state index in [1.54, 1.807) is 0 Å². The van der Waals surface area contributed by atoms with Crippen LogP contribution in [-0.2, 0) is 4.74 Å². The first-order valence-electron chi connectivity index (χ1n) is 5.48. The van der Waals surface area contributed by atoms with E-state index in [4.69, 9.17) is 0 Å². The summed E-state index contributed by atoms with van der Waals surface area (Å²) in [5.74, 6) is -2.03. The molecule has 0 amide bonds. The molecule has 17 heavy (non-hydrogen) atoms. The third kappa shape index (κ3) is 1.21. The average Bonchev–Trinajstić information content (AvgIpc) is 2.66. The minimum atomic E-state index is -5.39. The maximum Gasteiger partial charge on any atom is 0.426 e. The van der Waals surface area contributed by atoms with Gasteiger partial charge < -0.3 is 4.74 Å². The Morgan fingerprint density at radius 2 is 1.47 bits per heavy atom. The fraction of sp³-hybridized carbons (Fsp3) is 1.00. The van der Waals surface area contributed by atoms with Crippen LogP contribution < -0.4 is 0 Å². The molecular formula is C10H10F6O. The Morgan fingerprint density at radius 1 is 0.882 bits per heavy atom. The molecule has 1 saturated heterocycles. The number of fused-ring (bicyclic) bond motifs is 1. The molecule has 1 aliphatic heterocycles. The normalized spacial score (nSPS) is 43.4. The van der Waals surface area contributed by atoms with Crippen LogP contribution in [0.4, 0.5) is 26.3 Å². The first kappa shape index (κ1) is 11.6. The molecule has 2 unspecified atom stereocenters. The molecule has 4 atom stereocenters. The van der Waals surface area contributed by atoms with Crippen LogP contribution in [0.25, 0.3) is 0 Å². The number of hydrogen-bond acceptors (Lipinski definition) is 1. The first-order valence-corrected chi connectivity index (χ1v) is 5.48. The van der Waals surface area contributed by atoms with Crippen molar-refractivity contribution in [3.8, 4) is 0 Å². The second-order valence-corrected chi connectivity index (χ2v) is 5.23. The predicted octanol–water partition coefficient (Wildman–Crippen LogP) is 3.29. The van der Waals surface area contributed by atoms with Crippen molar-refractivity contribution in [1.82, 2.24) is 0 Å². The minimum Gasteiger partial charge on any atom is -0.354 e. The lowest BCUT2D eigenvalue weighted by molar-refractivity contribution is -0.383. The summed E-state index contributed by atoms with van der Waals surface area (Å²) >= 11 is 0. The Morgan fingerprint density at radius 3 is 1.88 bits per heavy atom. The molecule has 3 fully saturated rings. The Balaban J connectivity index is 2.09. The van der Waals surface area contributed by atoms with Crippen molar-refractivity contribution >= 4 is 0 Å². The quantitative estimate of drug-likeness (QED) is 0.607. The van der Waals surface area contributed by atoms with Gasteiger partial charge in [0, 0.05) is 5.92 Å². The second kappa shape index (κ2) is 2.92. The molecule has 0 aromatic carbocycles. The number of hydrogen-bond donors (Lipinski definition) is 0. The zero-order valence-corrected chi connectivity index (χ0v) is 8.61. The van der Waals surface area contributed by atoms with Gasteiger partial charge >= 0.3 is 12.4 Å². The zero-order valence-electron chi connectivity index (χ0n) is 8.61. The molecule has 2 aliphatic carbocycles. The molecule has 0 aromatic heterocycles. The van der Waals surface area contributed by atoms with Gasteiger partial charge in [0.1, 0.15) is 0 Å². The second-order valence-electron chi connectivity index (χ2n) is 5.23. The Labute approximate surface area is 93.1 Å². The summed E-state index contributed by atoms with van der Waals surface area (Å²) in [7, 11) is 0. The molecular weight excluding hydrogens is 250 g/mol. The van der Waals surface area contributed by atoms with E-state index < -0.39 is 35.9 Å². The lowest BCUT2D eigenvalue weighted by Gasteiger charge is -2.37. The van der Waals surface area contributed by atoms with Gasteiger partial charge in [0.25, 0.3) is 5.60 Å². The van der Waals surface area contributed by atoms with Gasteiger partial charge in [0.05, 0.1) is 6.10 Å². The van der Waals surface area contributed by atoms with Crippen molar-refractivity contribution in [3.63, 3.8) is 0 Å². The maximum absolute atomic E-state index is 12.9. The zero-order chi connectivity index (χ0) is 12.6. The first-order chi connectivity index (χ1) is 7.67. The van der Waals surface area contributed by atoms with Crippen molar-refractivity contribution in [1.29, 1.82) is 0 Å². The molecule has 1 nitrogen and oxygen atoms in total. The van der Waals surface area contributed by atoms with Crippen molar-refractivity contribution in [3.05, 3.63) is 0 Å². The Hall–Kier alpha value is -0.460. The molecule has 0 spiro atoms. The highest BCUT2D eigenvalue weighted by atomic mass is 19.4. The van der Waals surface area contributed by atoms with E-state index in [9.17, 15) is 26.3 Å². The van der Waals surface area contributed by atoms with Crippen LogP contribution in [0.15, 0.2) is 0 Å². The fourth-order valence-electron chi connectivity index (χ4n) is 3.93. The summed E-state index contributed by atoms with van der Waals surface area (Å²) in [6.07, 6.45) is -10.9. The van der Waals surface area contributed by atoms with Crippen molar-refractivity contribution in [2.45, 2.75) is 43.3 Å². The molecule has 2 saturated carbocycles. The van der Waals surface area contributed by atoms with Crippen LogP contribution in [0.3, 0.4) is 0 Å². The minimum absolute atomic E-state index is 0.0137. The Bertz CT molecular complexity index is 330. The monoisotopic (exact) mass is 260 g/mol. The summed E-state index contributed by atoms with van der Waals surface area (Å²) in [6, 6.07) is 0. The molecule has 2 bridgehead atoms. The number of rotatable bonds is 0. The van der Waals surface area contributed by atoms with Gasteiger partial charge in [0.2, 0.25) is 0 Å². The van der Waals surface area contributed by atoms with E-state index in [-0.39, 0.29) is 12.3 Å². The van der Waals surface area contributed by atoms with E-state index in [2.05, 4.69) is 4.74 Å². The van der Waals surface area contributed by atoms with Crippen LogP contribution in [0.5, 0.6) is 0 Å². The van der Waals surface area contributed by atoms with Gasteiger partial charge in [-0.2, -0.15) is 26.3 Å². The van der Waals surface area contributed by atoms with Gasteiger partial charge in [0.15, 0.2) is 0 Å². The van der Waals surface area contributed by atoms with Gasteiger partial charge in [-0.1, -0.05) is 0 Å². The average molecular weight is 260 g/mol. The maximum atomic E-state index is 12.9. The number of ether oxygens (including phenoxy) is 1. The van der Waals surface area contributed by atoms with E-state index >= 15 is 0 Å². The fourth-order valence-corrected chi connectivity index (χ4v) is 3.93. The van der Waals surface area contributed by atoms with Crippen LogP contribution >= 0.6 is 0 Å². The molecule has 3 rings (SSSR count). The van der Waals surface area contributed by atoms with Crippen molar-refractivity contribution in [2.24, 2.45) is 17.8 Å². The van der Waals surface area contributed by atoms with Crippen LogP contribution in [0.1, 0.15) is 19.3 Å².